The molecule has 2 unspecified atom stereocenters. The van der Waals surface area contributed by atoms with Crippen molar-refractivity contribution in [2.45, 2.75) is 19.4 Å². The van der Waals surface area contributed by atoms with Crippen LogP contribution in [0.2, 0.25) is 0 Å². The molecule has 1 saturated heterocycles. The summed E-state index contributed by atoms with van der Waals surface area (Å²) < 4.78 is 31.6. The first-order valence-electron chi connectivity index (χ1n) is 5.19. The van der Waals surface area contributed by atoms with Gasteiger partial charge in [0.15, 0.2) is 17.4 Å². The Morgan fingerprint density at radius 3 is 2.81 bits per heavy atom. The molecule has 0 amide bonds. The van der Waals surface area contributed by atoms with Crippen molar-refractivity contribution in [3.8, 4) is 0 Å². The standard InChI is InChI=1S/C12H12F2O2/c1-7-5-8(6-16-7)12(15)9-3-2-4-10(13)11(9)14/h2-4,7-8H,5-6H2,1H3. The molecule has 2 rings (SSSR count). The van der Waals surface area contributed by atoms with E-state index in [9.17, 15) is 13.6 Å². The third-order valence-corrected chi connectivity index (χ3v) is 2.79. The predicted octanol–water partition coefficient (Wildman–Crippen LogP) is 2.57. The molecular weight excluding hydrogens is 214 g/mol. The molecular formula is C12H12F2O2. The molecule has 0 N–H and O–H groups in total. The van der Waals surface area contributed by atoms with Gasteiger partial charge in [0.1, 0.15) is 0 Å². The molecule has 2 atom stereocenters. The van der Waals surface area contributed by atoms with Crippen molar-refractivity contribution in [3.05, 3.63) is 35.4 Å². The van der Waals surface area contributed by atoms with Crippen LogP contribution in [-0.4, -0.2) is 18.5 Å². The van der Waals surface area contributed by atoms with Crippen LogP contribution in [0.25, 0.3) is 0 Å². The van der Waals surface area contributed by atoms with Gasteiger partial charge in [-0.1, -0.05) is 6.07 Å². The second-order valence-corrected chi connectivity index (χ2v) is 4.04. The van der Waals surface area contributed by atoms with E-state index < -0.39 is 11.6 Å². The Bertz CT molecular complexity index is 417. The van der Waals surface area contributed by atoms with Crippen molar-refractivity contribution < 1.29 is 18.3 Å². The summed E-state index contributed by atoms with van der Waals surface area (Å²) in [5.41, 5.74) is -0.178. The molecule has 1 fully saturated rings. The maximum atomic E-state index is 13.4. The number of rotatable bonds is 2. The topological polar surface area (TPSA) is 26.3 Å². The van der Waals surface area contributed by atoms with Crippen molar-refractivity contribution in [1.82, 2.24) is 0 Å². The summed E-state index contributed by atoms with van der Waals surface area (Å²) >= 11 is 0. The minimum atomic E-state index is -1.06. The lowest BCUT2D eigenvalue weighted by atomic mass is 9.95. The fraction of sp³-hybridized carbons (Fsp3) is 0.417. The average Bonchev–Trinajstić information content (AvgIpc) is 2.68. The minimum absolute atomic E-state index is 0.00516. The maximum Gasteiger partial charge on any atom is 0.171 e. The normalized spacial score (nSPS) is 24.7. The van der Waals surface area contributed by atoms with E-state index in [4.69, 9.17) is 4.74 Å². The van der Waals surface area contributed by atoms with Gasteiger partial charge in [-0.15, -0.1) is 0 Å². The summed E-state index contributed by atoms with van der Waals surface area (Å²) in [5.74, 6) is -2.78. The van der Waals surface area contributed by atoms with Crippen LogP contribution in [0.3, 0.4) is 0 Å². The zero-order valence-corrected chi connectivity index (χ0v) is 8.87. The van der Waals surface area contributed by atoms with Crippen molar-refractivity contribution in [1.29, 1.82) is 0 Å². The molecule has 0 aromatic heterocycles. The van der Waals surface area contributed by atoms with Gasteiger partial charge < -0.3 is 4.74 Å². The highest BCUT2D eigenvalue weighted by Crippen LogP contribution is 2.24. The molecule has 16 heavy (non-hydrogen) atoms. The number of ether oxygens (including phenoxy) is 1. The van der Waals surface area contributed by atoms with Gasteiger partial charge in [0.05, 0.1) is 18.3 Å². The number of carbonyl (C=O) groups is 1. The Morgan fingerprint density at radius 2 is 2.19 bits per heavy atom. The summed E-state index contributed by atoms with van der Waals surface area (Å²) in [6, 6.07) is 3.65. The number of hydrogen-bond donors (Lipinski definition) is 0. The molecule has 0 bridgehead atoms. The lowest BCUT2D eigenvalue weighted by Crippen LogP contribution is -2.16. The van der Waals surface area contributed by atoms with Gasteiger partial charge >= 0.3 is 0 Å². The molecule has 0 aliphatic carbocycles. The Balaban J connectivity index is 2.24. The van der Waals surface area contributed by atoms with Gasteiger partial charge in [-0.2, -0.15) is 0 Å². The molecule has 86 valence electrons. The fourth-order valence-corrected chi connectivity index (χ4v) is 1.91. The molecule has 2 nitrogen and oxygen atoms in total. The van der Waals surface area contributed by atoms with Crippen LogP contribution in [0.5, 0.6) is 0 Å². The lowest BCUT2D eigenvalue weighted by molar-refractivity contribution is 0.0873. The summed E-state index contributed by atoms with van der Waals surface area (Å²) in [7, 11) is 0. The zero-order chi connectivity index (χ0) is 11.7. The Hall–Kier alpha value is -1.29. The third-order valence-electron chi connectivity index (χ3n) is 2.79. The highest BCUT2D eigenvalue weighted by atomic mass is 19.2. The maximum absolute atomic E-state index is 13.4. The van der Waals surface area contributed by atoms with E-state index in [-0.39, 0.29) is 30.0 Å². The summed E-state index contributed by atoms with van der Waals surface area (Å²) in [6.45, 7) is 2.14. The quantitative estimate of drug-likeness (QED) is 0.724. The van der Waals surface area contributed by atoms with Crippen LogP contribution >= 0.6 is 0 Å². The van der Waals surface area contributed by atoms with Crippen molar-refractivity contribution in [2.24, 2.45) is 5.92 Å². The molecule has 4 heteroatoms. The molecule has 0 radical (unpaired) electrons. The smallest absolute Gasteiger partial charge is 0.171 e. The Labute approximate surface area is 92.2 Å². The van der Waals surface area contributed by atoms with Gasteiger partial charge in [0.2, 0.25) is 0 Å². The number of benzene rings is 1. The van der Waals surface area contributed by atoms with Crippen molar-refractivity contribution in [2.75, 3.05) is 6.61 Å². The van der Waals surface area contributed by atoms with E-state index in [1.165, 1.54) is 12.1 Å². The van der Waals surface area contributed by atoms with Crippen molar-refractivity contribution in [3.63, 3.8) is 0 Å². The van der Waals surface area contributed by atoms with E-state index in [1.54, 1.807) is 0 Å². The zero-order valence-electron chi connectivity index (χ0n) is 8.87. The highest BCUT2D eigenvalue weighted by Gasteiger charge is 2.30. The number of hydrogen-bond acceptors (Lipinski definition) is 2. The SMILES string of the molecule is CC1CC(C(=O)c2cccc(F)c2F)CO1. The fourth-order valence-electron chi connectivity index (χ4n) is 1.91. The second kappa shape index (κ2) is 4.29. The van der Waals surface area contributed by atoms with E-state index in [2.05, 4.69) is 0 Å². The monoisotopic (exact) mass is 226 g/mol. The molecule has 0 spiro atoms. The van der Waals surface area contributed by atoms with Crippen LogP contribution in [0.4, 0.5) is 8.78 Å². The summed E-state index contributed by atoms with van der Waals surface area (Å²) in [4.78, 5) is 11.9. The Kier molecular flexibility index (Phi) is 3.01. The molecule has 1 aromatic carbocycles. The molecule has 1 aliphatic heterocycles. The number of Topliss-reactive ketones (excluding diaryl/α,β-unsaturated/α-hetero) is 1. The Morgan fingerprint density at radius 1 is 1.44 bits per heavy atom. The third kappa shape index (κ3) is 1.97. The lowest BCUT2D eigenvalue weighted by Gasteiger charge is -2.07. The summed E-state index contributed by atoms with van der Waals surface area (Å²) in [6.07, 6.45) is 0.569. The van der Waals surface area contributed by atoms with E-state index >= 15 is 0 Å². The second-order valence-electron chi connectivity index (χ2n) is 4.04. The first kappa shape index (κ1) is 11.2. The summed E-state index contributed by atoms with van der Waals surface area (Å²) in [5, 5.41) is 0. The van der Waals surface area contributed by atoms with E-state index in [0.717, 1.165) is 6.07 Å². The number of halogens is 2. The van der Waals surface area contributed by atoms with Crippen LogP contribution in [-0.2, 0) is 4.74 Å². The number of carbonyl (C=O) groups excluding carboxylic acids is 1. The van der Waals surface area contributed by atoms with Gasteiger partial charge in [-0.25, -0.2) is 8.78 Å². The van der Waals surface area contributed by atoms with Crippen LogP contribution < -0.4 is 0 Å². The van der Waals surface area contributed by atoms with E-state index in [1.807, 2.05) is 6.92 Å². The van der Waals surface area contributed by atoms with Crippen LogP contribution in [0.15, 0.2) is 18.2 Å². The van der Waals surface area contributed by atoms with Crippen molar-refractivity contribution >= 4 is 5.78 Å². The minimum Gasteiger partial charge on any atom is -0.378 e. The first-order valence-corrected chi connectivity index (χ1v) is 5.19. The van der Waals surface area contributed by atoms with Gasteiger partial charge in [0.25, 0.3) is 0 Å². The molecule has 1 aliphatic rings. The highest BCUT2D eigenvalue weighted by molar-refractivity contribution is 5.98. The largest absolute Gasteiger partial charge is 0.378 e. The number of ketones is 1. The van der Waals surface area contributed by atoms with Crippen LogP contribution in [0, 0.1) is 17.6 Å². The van der Waals surface area contributed by atoms with Gasteiger partial charge in [-0.05, 0) is 25.5 Å². The molecule has 0 saturated carbocycles. The van der Waals surface area contributed by atoms with E-state index in [0.29, 0.717) is 6.42 Å². The molecule has 1 aromatic rings. The molecule has 1 heterocycles. The predicted molar refractivity (Wildman–Crippen MR) is 54.2 cm³/mol. The van der Waals surface area contributed by atoms with Crippen LogP contribution in [0.1, 0.15) is 23.7 Å². The van der Waals surface area contributed by atoms with Gasteiger partial charge in [-0.3, -0.25) is 4.79 Å². The average molecular weight is 226 g/mol. The first-order chi connectivity index (χ1) is 7.59. The van der Waals surface area contributed by atoms with Gasteiger partial charge in [0, 0.05) is 5.92 Å².